The van der Waals surface area contributed by atoms with Crippen LogP contribution in [0.1, 0.15) is 36.0 Å². The van der Waals surface area contributed by atoms with Gasteiger partial charge in [-0.3, -0.25) is 4.79 Å². The summed E-state index contributed by atoms with van der Waals surface area (Å²) in [6.07, 6.45) is 3.73. The van der Waals surface area contributed by atoms with E-state index in [1.54, 1.807) is 18.2 Å². The lowest BCUT2D eigenvalue weighted by atomic mass is 10.2. The van der Waals surface area contributed by atoms with E-state index in [1.165, 1.54) is 31.4 Å². The van der Waals surface area contributed by atoms with Gasteiger partial charge in [0.05, 0.1) is 17.7 Å². The molecule has 27 heavy (non-hydrogen) atoms. The van der Waals surface area contributed by atoms with Crippen molar-refractivity contribution in [3.05, 3.63) is 53.1 Å². The van der Waals surface area contributed by atoms with Crippen molar-refractivity contribution in [1.82, 2.24) is 4.72 Å². The number of amides is 1. The van der Waals surface area contributed by atoms with Gasteiger partial charge in [-0.2, -0.15) is 0 Å². The van der Waals surface area contributed by atoms with Crippen molar-refractivity contribution in [2.45, 2.75) is 36.6 Å². The summed E-state index contributed by atoms with van der Waals surface area (Å²) in [4.78, 5) is 12.6. The number of halogens is 1. The van der Waals surface area contributed by atoms with Crippen LogP contribution < -0.4 is 14.8 Å². The molecule has 0 spiro atoms. The molecule has 0 aromatic heterocycles. The lowest BCUT2D eigenvalue weighted by molar-refractivity contribution is 0.102. The first kappa shape index (κ1) is 19.7. The zero-order valence-corrected chi connectivity index (χ0v) is 16.4. The molecule has 144 valence electrons. The molecule has 0 radical (unpaired) electrons. The summed E-state index contributed by atoms with van der Waals surface area (Å²) in [5.41, 5.74) is 0.638. The smallest absolute Gasteiger partial charge is 0.255 e. The highest BCUT2D eigenvalue weighted by atomic mass is 35.5. The van der Waals surface area contributed by atoms with E-state index in [1.807, 2.05) is 0 Å². The van der Waals surface area contributed by atoms with Crippen molar-refractivity contribution in [2.75, 3.05) is 12.4 Å². The summed E-state index contributed by atoms with van der Waals surface area (Å²) in [6.45, 7) is 0. The van der Waals surface area contributed by atoms with Gasteiger partial charge in [-0.25, -0.2) is 13.1 Å². The zero-order valence-electron chi connectivity index (χ0n) is 14.9. The number of anilines is 1. The van der Waals surface area contributed by atoms with Crippen LogP contribution in [0, 0.1) is 0 Å². The number of rotatable bonds is 6. The number of carbonyl (C=O) groups is 1. The predicted octanol–water partition coefficient (Wildman–Crippen LogP) is 3.82. The van der Waals surface area contributed by atoms with E-state index < -0.39 is 15.9 Å². The number of benzene rings is 2. The minimum absolute atomic E-state index is 0.0402. The SMILES string of the molecule is COc1ccc(S(=O)(=O)NC2CCCC2)cc1NC(=O)c1cccc(Cl)c1. The number of hydrogen-bond donors (Lipinski definition) is 2. The molecule has 0 heterocycles. The highest BCUT2D eigenvalue weighted by molar-refractivity contribution is 7.89. The minimum atomic E-state index is -3.68. The van der Waals surface area contributed by atoms with Crippen LogP contribution >= 0.6 is 11.6 Å². The Hall–Kier alpha value is -2.09. The van der Waals surface area contributed by atoms with E-state index >= 15 is 0 Å². The van der Waals surface area contributed by atoms with Gasteiger partial charge in [-0.05, 0) is 49.2 Å². The lowest BCUT2D eigenvalue weighted by Crippen LogP contribution is -2.32. The zero-order chi connectivity index (χ0) is 19.4. The number of nitrogens with one attached hydrogen (secondary N) is 2. The van der Waals surface area contributed by atoms with Crippen LogP contribution in [-0.2, 0) is 10.0 Å². The van der Waals surface area contributed by atoms with E-state index in [9.17, 15) is 13.2 Å². The van der Waals surface area contributed by atoms with E-state index in [0.717, 1.165) is 25.7 Å². The predicted molar refractivity (Wildman–Crippen MR) is 105 cm³/mol. The van der Waals surface area contributed by atoms with Crippen molar-refractivity contribution < 1.29 is 17.9 Å². The van der Waals surface area contributed by atoms with E-state index in [-0.39, 0.29) is 16.6 Å². The summed E-state index contributed by atoms with van der Waals surface area (Å²) >= 11 is 5.92. The van der Waals surface area contributed by atoms with Gasteiger partial charge in [-0.15, -0.1) is 0 Å². The molecule has 3 rings (SSSR count). The maximum atomic E-state index is 12.7. The first-order valence-corrected chi connectivity index (χ1v) is 10.5. The molecule has 0 bridgehead atoms. The van der Waals surface area contributed by atoms with Crippen molar-refractivity contribution in [2.24, 2.45) is 0 Å². The van der Waals surface area contributed by atoms with E-state index in [0.29, 0.717) is 16.3 Å². The summed E-state index contributed by atoms with van der Waals surface area (Å²) < 4.78 is 33.3. The largest absolute Gasteiger partial charge is 0.495 e. The maximum Gasteiger partial charge on any atom is 0.255 e. The quantitative estimate of drug-likeness (QED) is 0.760. The number of carbonyl (C=O) groups excluding carboxylic acids is 1. The molecule has 1 fully saturated rings. The monoisotopic (exact) mass is 408 g/mol. The van der Waals surface area contributed by atoms with Gasteiger partial charge >= 0.3 is 0 Å². The molecule has 8 heteroatoms. The normalized spacial score (nSPS) is 14.9. The molecule has 0 saturated heterocycles. The summed E-state index contributed by atoms with van der Waals surface area (Å²) in [6, 6.07) is 10.8. The average molecular weight is 409 g/mol. The minimum Gasteiger partial charge on any atom is -0.495 e. The van der Waals surface area contributed by atoms with Gasteiger partial charge < -0.3 is 10.1 Å². The number of hydrogen-bond acceptors (Lipinski definition) is 4. The van der Waals surface area contributed by atoms with Gasteiger partial charge in [0, 0.05) is 16.6 Å². The third-order valence-corrected chi connectivity index (χ3v) is 6.25. The second-order valence-electron chi connectivity index (χ2n) is 6.43. The molecule has 1 aliphatic rings. The molecule has 1 amide bonds. The molecule has 2 aromatic carbocycles. The fourth-order valence-electron chi connectivity index (χ4n) is 3.11. The van der Waals surface area contributed by atoms with Crippen LogP contribution in [0.4, 0.5) is 5.69 Å². The van der Waals surface area contributed by atoms with Gasteiger partial charge in [0.15, 0.2) is 0 Å². The molecule has 2 N–H and O–H groups in total. The Balaban J connectivity index is 1.86. The standard InChI is InChI=1S/C19H21ClN2O4S/c1-26-18-10-9-16(27(24,25)22-15-7-2-3-8-15)12-17(18)21-19(23)13-5-4-6-14(20)11-13/h4-6,9-12,15,22H,2-3,7-8H2,1H3,(H,21,23). The number of ether oxygens (including phenoxy) is 1. The van der Waals surface area contributed by atoms with Crippen molar-refractivity contribution in [3.63, 3.8) is 0 Å². The molecule has 2 aromatic rings. The Morgan fingerprint density at radius 2 is 1.89 bits per heavy atom. The molecule has 1 saturated carbocycles. The van der Waals surface area contributed by atoms with Crippen molar-refractivity contribution in [3.8, 4) is 5.75 Å². The molecule has 6 nitrogen and oxygen atoms in total. The third kappa shape index (κ3) is 4.80. The van der Waals surface area contributed by atoms with Crippen LogP contribution in [0.5, 0.6) is 5.75 Å². The Bertz CT molecular complexity index is 940. The van der Waals surface area contributed by atoms with Gasteiger partial charge in [0.25, 0.3) is 5.91 Å². The topological polar surface area (TPSA) is 84.5 Å². The van der Waals surface area contributed by atoms with Gasteiger partial charge in [0.1, 0.15) is 5.75 Å². The second-order valence-corrected chi connectivity index (χ2v) is 8.58. The van der Waals surface area contributed by atoms with Gasteiger partial charge in [0.2, 0.25) is 10.0 Å². The van der Waals surface area contributed by atoms with Crippen LogP contribution in [0.25, 0.3) is 0 Å². The maximum absolute atomic E-state index is 12.7. The summed E-state index contributed by atoms with van der Waals surface area (Å²) in [5, 5.41) is 3.13. The fourth-order valence-corrected chi connectivity index (χ4v) is 4.63. The molecular weight excluding hydrogens is 388 g/mol. The molecule has 0 unspecified atom stereocenters. The lowest BCUT2D eigenvalue weighted by Gasteiger charge is -2.15. The van der Waals surface area contributed by atoms with Crippen molar-refractivity contribution in [1.29, 1.82) is 0 Å². The first-order valence-electron chi connectivity index (χ1n) is 8.66. The van der Waals surface area contributed by atoms with E-state index in [2.05, 4.69) is 10.0 Å². The van der Waals surface area contributed by atoms with Crippen LogP contribution in [-0.4, -0.2) is 27.5 Å². The van der Waals surface area contributed by atoms with E-state index in [4.69, 9.17) is 16.3 Å². The van der Waals surface area contributed by atoms with Gasteiger partial charge in [-0.1, -0.05) is 30.5 Å². The fraction of sp³-hybridized carbons (Fsp3) is 0.316. The Labute approximate surface area is 163 Å². The highest BCUT2D eigenvalue weighted by Gasteiger charge is 2.24. The van der Waals surface area contributed by atoms with Crippen LogP contribution in [0.2, 0.25) is 5.02 Å². The Morgan fingerprint density at radius 1 is 1.15 bits per heavy atom. The van der Waals surface area contributed by atoms with Crippen molar-refractivity contribution >= 4 is 33.2 Å². The van der Waals surface area contributed by atoms with Crippen LogP contribution in [0.3, 0.4) is 0 Å². The highest BCUT2D eigenvalue weighted by Crippen LogP contribution is 2.29. The molecular formula is C19H21ClN2O4S. The summed E-state index contributed by atoms with van der Waals surface area (Å²) in [7, 11) is -2.22. The second kappa shape index (κ2) is 8.29. The third-order valence-electron chi connectivity index (χ3n) is 4.49. The average Bonchev–Trinajstić information content (AvgIpc) is 3.14. The van der Waals surface area contributed by atoms with Crippen LogP contribution in [0.15, 0.2) is 47.4 Å². The number of methoxy groups -OCH3 is 1. The summed E-state index contributed by atoms with van der Waals surface area (Å²) in [5.74, 6) is -0.0423. The Kier molecular flexibility index (Phi) is 6.04. The number of sulfonamides is 1. The molecule has 1 aliphatic carbocycles. The molecule has 0 aliphatic heterocycles. The Morgan fingerprint density at radius 3 is 2.56 bits per heavy atom. The first-order chi connectivity index (χ1) is 12.9. The molecule has 0 atom stereocenters.